The lowest BCUT2D eigenvalue weighted by molar-refractivity contribution is -0.138. The lowest BCUT2D eigenvalue weighted by Crippen LogP contribution is -2.55. The van der Waals surface area contributed by atoms with Crippen LogP contribution in [-0.4, -0.2) is 52.8 Å². The second kappa shape index (κ2) is 9.33. The number of hydrogen-bond acceptors (Lipinski definition) is 3. The van der Waals surface area contributed by atoms with Crippen LogP contribution in [0.1, 0.15) is 36.8 Å². The van der Waals surface area contributed by atoms with Crippen molar-refractivity contribution in [1.82, 2.24) is 15.1 Å². The molecular weight excluding hydrogens is 390 g/mol. The van der Waals surface area contributed by atoms with Crippen LogP contribution in [0.3, 0.4) is 0 Å². The molecular formula is C25H29N3O3. The normalized spacial score (nSPS) is 17.8. The number of rotatable bonds is 7. The summed E-state index contributed by atoms with van der Waals surface area (Å²) >= 11 is 0. The van der Waals surface area contributed by atoms with E-state index in [-0.39, 0.29) is 17.8 Å². The van der Waals surface area contributed by atoms with E-state index in [0.29, 0.717) is 45.3 Å². The van der Waals surface area contributed by atoms with Crippen LogP contribution in [0.5, 0.6) is 0 Å². The summed E-state index contributed by atoms with van der Waals surface area (Å²) in [6.45, 7) is 1.38. The molecule has 2 aromatic rings. The van der Waals surface area contributed by atoms with Gasteiger partial charge in [0.25, 0.3) is 5.91 Å². The molecule has 0 radical (unpaired) electrons. The number of piperidine rings is 1. The molecule has 0 bridgehead atoms. The molecule has 2 fully saturated rings. The summed E-state index contributed by atoms with van der Waals surface area (Å²) < 4.78 is 0. The number of imide groups is 1. The van der Waals surface area contributed by atoms with Crippen molar-refractivity contribution in [3.8, 4) is 0 Å². The highest BCUT2D eigenvalue weighted by atomic mass is 16.2. The Morgan fingerprint density at radius 2 is 1.45 bits per heavy atom. The highest BCUT2D eigenvalue weighted by Crippen LogP contribution is 2.30. The van der Waals surface area contributed by atoms with E-state index in [1.165, 1.54) is 10.5 Å². The minimum absolute atomic E-state index is 0.128. The fourth-order valence-electron chi connectivity index (χ4n) is 4.49. The van der Waals surface area contributed by atoms with Crippen LogP contribution in [0.25, 0.3) is 0 Å². The van der Waals surface area contributed by atoms with Crippen molar-refractivity contribution in [2.45, 2.75) is 44.1 Å². The maximum absolute atomic E-state index is 13.1. The number of likely N-dealkylation sites (tertiary alicyclic amines) is 1. The van der Waals surface area contributed by atoms with Crippen molar-refractivity contribution in [2.75, 3.05) is 19.6 Å². The summed E-state index contributed by atoms with van der Waals surface area (Å²) in [4.78, 5) is 41.3. The van der Waals surface area contributed by atoms with Crippen molar-refractivity contribution in [1.29, 1.82) is 0 Å². The summed E-state index contributed by atoms with van der Waals surface area (Å²) in [6, 6.07) is 19.7. The van der Waals surface area contributed by atoms with Crippen LogP contribution >= 0.6 is 0 Å². The zero-order valence-corrected chi connectivity index (χ0v) is 17.8. The van der Waals surface area contributed by atoms with E-state index in [9.17, 15) is 14.4 Å². The summed E-state index contributed by atoms with van der Waals surface area (Å²) in [7, 11) is 0. The summed E-state index contributed by atoms with van der Waals surface area (Å²) in [5.41, 5.74) is 1.48. The first-order valence-corrected chi connectivity index (χ1v) is 11.1. The molecule has 2 aliphatic rings. The first-order chi connectivity index (χ1) is 15.1. The van der Waals surface area contributed by atoms with Gasteiger partial charge in [0.05, 0.1) is 0 Å². The largest absolute Gasteiger partial charge is 0.342 e. The van der Waals surface area contributed by atoms with Crippen molar-refractivity contribution in [3.05, 3.63) is 71.8 Å². The monoisotopic (exact) mass is 419 g/mol. The molecule has 6 heteroatoms. The molecule has 2 heterocycles. The molecule has 1 N–H and O–H groups in total. The molecule has 162 valence electrons. The van der Waals surface area contributed by atoms with E-state index in [0.717, 1.165) is 18.4 Å². The highest BCUT2D eigenvalue weighted by molar-refractivity contribution is 6.07. The van der Waals surface area contributed by atoms with E-state index in [1.807, 2.05) is 53.4 Å². The van der Waals surface area contributed by atoms with Crippen molar-refractivity contribution in [2.24, 2.45) is 0 Å². The van der Waals surface area contributed by atoms with Gasteiger partial charge >= 0.3 is 6.03 Å². The van der Waals surface area contributed by atoms with Gasteiger partial charge in [-0.05, 0) is 43.2 Å². The quantitative estimate of drug-likeness (QED) is 0.701. The number of carbonyl (C=O) groups excluding carboxylic acids is 3. The third-order valence-corrected chi connectivity index (χ3v) is 6.38. The Balaban J connectivity index is 1.26. The van der Waals surface area contributed by atoms with E-state index in [4.69, 9.17) is 0 Å². The summed E-state index contributed by atoms with van der Waals surface area (Å²) in [5.74, 6) is -0.0203. The topological polar surface area (TPSA) is 69.7 Å². The Morgan fingerprint density at radius 3 is 2.06 bits per heavy atom. The molecule has 0 aliphatic carbocycles. The Kier molecular flexibility index (Phi) is 6.35. The SMILES string of the molecule is O=C(CCCc1ccccc1)N1CCC2(CC1)NC(=O)N(CCc1ccccc1)C2=O. The molecule has 6 nitrogen and oxygen atoms in total. The van der Waals surface area contributed by atoms with Crippen molar-refractivity contribution in [3.63, 3.8) is 0 Å². The second-order valence-corrected chi connectivity index (χ2v) is 8.42. The van der Waals surface area contributed by atoms with Crippen LogP contribution < -0.4 is 5.32 Å². The minimum atomic E-state index is -0.853. The van der Waals surface area contributed by atoms with Gasteiger partial charge in [-0.15, -0.1) is 0 Å². The molecule has 0 aromatic heterocycles. The standard InChI is InChI=1S/C25H29N3O3/c29-22(13-7-12-20-8-3-1-4-9-20)27-18-15-25(16-19-27)23(30)28(24(31)26-25)17-14-21-10-5-2-6-11-21/h1-6,8-11H,7,12-19H2,(H,26,31). The maximum atomic E-state index is 13.1. The van der Waals surface area contributed by atoms with Crippen molar-refractivity contribution >= 4 is 17.8 Å². The Hall–Kier alpha value is -3.15. The van der Waals surface area contributed by atoms with E-state index in [2.05, 4.69) is 17.4 Å². The number of benzene rings is 2. The molecule has 4 amide bonds. The minimum Gasteiger partial charge on any atom is -0.342 e. The van der Waals surface area contributed by atoms with Crippen molar-refractivity contribution < 1.29 is 14.4 Å². The molecule has 2 aliphatic heterocycles. The molecule has 0 atom stereocenters. The lowest BCUT2D eigenvalue weighted by Gasteiger charge is -2.37. The maximum Gasteiger partial charge on any atom is 0.325 e. The lowest BCUT2D eigenvalue weighted by atomic mass is 9.87. The number of hydrogen-bond donors (Lipinski definition) is 1. The predicted octanol–water partition coefficient (Wildman–Crippen LogP) is 3.17. The predicted molar refractivity (Wildman–Crippen MR) is 118 cm³/mol. The second-order valence-electron chi connectivity index (χ2n) is 8.42. The van der Waals surface area contributed by atoms with Gasteiger partial charge in [0.1, 0.15) is 5.54 Å². The van der Waals surface area contributed by atoms with Crippen LogP contribution in [0.4, 0.5) is 4.79 Å². The van der Waals surface area contributed by atoms with Gasteiger partial charge < -0.3 is 10.2 Å². The van der Waals surface area contributed by atoms with Gasteiger partial charge in [-0.2, -0.15) is 0 Å². The number of urea groups is 1. The number of nitrogens with one attached hydrogen (secondary N) is 1. The van der Waals surface area contributed by atoms with Gasteiger partial charge in [-0.3, -0.25) is 14.5 Å². The van der Waals surface area contributed by atoms with Gasteiger partial charge in [0.2, 0.25) is 5.91 Å². The first kappa shape index (κ1) is 21.1. The molecule has 4 rings (SSSR count). The van der Waals surface area contributed by atoms with E-state index >= 15 is 0 Å². The van der Waals surface area contributed by atoms with Gasteiger partial charge in [0.15, 0.2) is 0 Å². The average molecular weight is 420 g/mol. The third kappa shape index (κ3) is 4.79. The average Bonchev–Trinajstić information content (AvgIpc) is 3.03. The number of amides is 4. The number of carbonyl (C=O) groups is 3. The molecule has 0 unspecified atom stereocenters. The molecule has 2 saturated heterocycles. The molecule has 0 saturated carbocycles. The first-order valence-electron chi connectivity index (χ1n) is 11.1. The third-order valence-electron chi connectivity index (χ3n) is 6.38. The van der Waals surface area contributed by atoms with Crippen LogP contribution in [0.2, 0.25) is 0 Å². The molecule has 2 aromatic carbocycles. The molecule has 1 spiro atoms. The smallest absolute Gasteiger partial charge is 0.325 e. The summed E-state index contributed by atoms with van der Waals surface area (Å²) in [5, 5.41) is 2.93. The van der Waals surface area contributed by atoms with Crippen LogP contribution in [0.15, 0.2) is 60.7 Å². The van der Waals surface area contributed by atoms with Crippen LogP contribution in [0, 0.1) is 0 Å². The van der Waals surface area contributed by atoms with Crippen LogP contribution in [-0.2, 0) is 22.4 Å². The highest BCUT2D eigenvalue weighted by Gasteiger charge is 2.52. The number of nitrogens with zero attached hydrogens (tertiary/aromatic N) is 2. The van der Waals surface area contributed by atoms with Gasteiger partial charge in [0, 0.05) is 26.1 Å². The Morgan fingerprint density at radius 1 is 0.871 bits per heavy atom. The van der Waals surface area contributed by atoms with Gasteiger partial charge in [-0.25, -0.2) is 4.79 Å². The fraction of sp³-hybridized carbons (Fsp3) is 0.400. The molecule has 31 heavy (non-hydrogen) atoms. The zero-order valence-electron chi connectivity index (χ0n) is 17.8. The zero-order chi connectivity index (χ0) is 21.7. The fourth-order valence-corrected chi connectivity index (χ4v) is 4.49. The Bertz CT molecular complexity index is 922. The van der Waals surface area contributed by atoms with E-state index < -0.39 is 5.54 Å². The summed E-state index contributed by atoms with van der Waals surface area (Å²) in [6.07, 6.45) is 3.80. The van der Waals surface area contributed by atoms with E-state index in [1.54, 1.807) is 0 Å². The number of aryl methyl sites for hydroxylation is 1. The van der Waals surface area contributed by atoms with Gasteiger partial charge in [-0.1, -0.05) is 60.7 Å². The Labute approximate surface area is 183 Å².